The van der Waals surface area contributed by atoms with Crippen molar-refractivity contribution in [2.75, 3.05) is 20.3 Å². The number of halogens is 1. The predicted molar refractivity (Wildman–Crippen MR) is 85.6 cm³/mol. The molecule has 0 heterocycles. The smallest absolute Gasteiger partial charge is 0.331 e. The highest BCUT2D eigenvalue weighted by Gasteiger charge is 2.08. The first-order valence-electron chi connectivity index (χ1n) is 6.53. The van der Waals surface area contributed by atoms with Crippen molar-refractivity contribution in [2.45, 2.75) is 6.42 Å². The number of methoxy groups -OCH3 is 1. The molecule has 1 aromatic carbocycles. The second kappa shape index (κ2) is 9.48. The number of esters is 1. The maximum Gasteiger partial charge on any atom is 0.331 e. The third-order valence-electron chi connectivity index (χ3n) is 2.59. The number of phenols is 1. The van der Waals surface area contributed by atoms with Crippen LogP contribution >= 0.6 is 15.9 Å². The average Bonchev–Trinajstić information content (AvgIpc) is 2.54. The topological polar surface area (TPSA) is 109 Å². The van der Waals surface area contributed by atoms with E-state index in [-0.39, 0.29) is 24.5 Å². The molecule has 0 aliphatic carbocycles. The molecule has 0 saturated heterocycles. The van der Waals surface area contributed by atoms with Crippen LogP contribution in [0.15, 0.2) is 22.7 Å². The van der Waals surface area contributed by atoms with Gasteiger partial charge in [-0.25, -0.2) is 4.79 Å². The fourth-order valence-electron chi connectivity index (χ4n) is 1.50. The normalized spacial score (nSPS) is 10.1. The molecule has 8 heteroatoms. The summed E-state index contributed by atoms with van der Waals surface area (Å²) in [5.41, 5.74) is 0.599. The Balaban J connectivity index is 2.54. The lowest BCUT2D eigenvalue weighted by Gasteiger charge is -2.06. The van der Waals surface area contributed by atoms with Gasteiger partial charge in [-0.1, -0.05) is 0 Å². The minimum absolute atomic E-state index is 0.0405. The molecule has 1 amide bonds. The van der Waals surface area contributed by atoms with E-state index in [1.54, 1.807) is 12.1 Å². The standard InChI is InChI=1S/C15H15BrN2O5/c1-22-12-8-10(7-11(16)15(12)21)3-4-14(20)23-9-13(19)18-6-2-5-17/h3-4,7-8,21H,2,6,9H2,1H3,(H,18,19)/b4-3+. The molecule has 0 bridgehead atoms. The van der Waals surface area contributed by atoms with Crippen molar-refractivity contribution >= 4 is 33.9 Å². The number of nitrogens with one attached hydrogen (secondary N) is 1. The van der Waals surface area contributed by atoms with Crippen molar-refractivity contribution in [2.24, 2.45) is 0 Å². The van der Waals surface area contributed by atoms with Crippen LogP contribution in [0.1, 0.15) is 12.0 Å². The Hall–Kier alpha value is -2.53. The largest absolute Gasteiger partial charge is 0.503 e. The first-order chi connectivity index (χ1) is 11.0. The molecule has 1 rings (SSSR count). The Morgan fingerprint density at radius 1 is 1.48 bits per heavy atom. The Kier molecular flexibility index (Phi) is 7.63. The van der Waals surface area contributed by atoms with Crippen LogP contribution in [0, 0.1) is 11.3 Å². The Morgan fingerprint density at radius 2 is 2.22 bits per heavy atom. The van der Waals surface area contributed by atoms with Crippen LogP contribution in [0.25, 0.3) is 6.08 Å². The molecule has 23 heavy (non-hydrogen) atoms. The van der Waals surface area contributed by atoms with Gasteiger partial charge in [0.1, 0.15) is 0 Å². The number of carbonyl (C=O) groups excluding carboxylic acids is 2. The number of rotatable bonds is 7. The number of benzene rings is 1. The van der Waals surface area contributed by atoms with Crippen LogP contribution < -0.4 is 10.1 Å². The van der Waals surface area contributed by atoms with Crippen LogP contribution in [-0.2, 0) is 14.3 Å². The lowest BCUT2D eigenvalue weighted by atomic mass is 10.2. The molecule has 0 radical (unpaired) electrons. The van der Waals surface area contributed by atoms with Gasteiger partial charge in [-0.05, 0) is 39.7 Å². The first kappa shape index (κ1) is 18.5. The first-order valence-corrected chi connectivity index (χ1v) is 7.32. The molecular formula is C15H15BrN2O5. The molecule has 0 aromatic heterocycles. The number of amides is 1. The SMILES string of the molecule is COc1cc(/C=C/C(=O)OCC(=O)NCCC#N)cc(Br)c1O. The Labute approximate surface area is 141 Å². The quantitative estimate of drug-likeness (QED) is 0.422. The van der Waals surface area contributed by atoms with Crippen molar-refractivity contribution < 1.29 is 24.2 Å². The number of nitrogens with zero attached hydrogens (tertiary/aromatic N) is 1. The van der Waals surface area contributed by atoms with Crippen molar-refractivity contribution in [1.29, 1.82) is 5.26 Å². The van der Waals surface area contributed by atoms with Gasteiger partial charge in [0.05, 0.1) is 24.1 Å². The van der Waals surface area contributed by atoms with Gasteiger partial charge < -0.3 is 19.9 Å². The average molecular weight is 383 g/mol. The van der Waals surface area contributed by atoms with Gasteiger partial charge in [-0.3, -0.25) is 4.79 Å². The van der Waals surface area contributed by atoms with Gasteiger partial charge in [0, 0.05) is 12.6 Å². The van der Waals surface area contributed by atoms with E-state index in [9.17, 15) is 14.7 Å². The van der Waals surface area contributed by atoms with Crippen LogP contribution in [0.5, 0.6) is 11.5 Å². The summed E-state index contributed by atoms with van der Waals surface area (Å²) in [6.45, 7) is -0.207. The molecule has 0 atom stereocenters. The molecule has 1 aromatic rings. The summed E-state index contributed by atoms with van der Waals surface area (Å²) < 4.78 is 10.2. The lowest BCUT2D eigenvalue weighted by molar-refractivity contribution is -0.143. The maximum absolute atomic E-state index is 11.5. The molecule has 0 fully saturated rings. The summed E-state index contributed by atoms with van der Waals surface area (Å²) in [6, 6.07) is 5.01. The Morgan fingerprint density at radius 3 is 2.87 bits per heavy atom. The molecule has 122 valence electrons. The number of hydrogen-bond donors (Lipinski definition) is 2. The van der Waals surface area contributed by atoms with E-state index in [1.165, 1.54) is 13.2 Å². The zero-order valence-corrected chi connectivity index (χ0v) is 13.9. The van der Waals surface area contributed by atoms with Gasteiger partial charge in [-0.15, -0.1) is 0 Å². The van der Waals surface area contributed by atoms with Crippen LogP contribution in [0.4, 0.5) is 0 Å². The van der Waals surface area contributed by atoms with E-state index in [0.29, 0.717) is 10.0 Å². The van der Waals surface area contributed by atoms with E-state index >= 15 is 0 Å². The van der Waals surface area contributed by atoms with Gasteiger partial charge in [0.15, 0.2) is 18.1 Å². The molecule has 0 saturated carbocycles. The minimum atomic E-state index is -0.691. The zero-order chi connectivity index (χ0) is 17.2. The molecule has 0 aliphatic heterocycles. The van der Waals surface area contributed by atoms with Crippen molar-refractivity contribution in [3.63, 3.8) is 0 Å². The number of phenolic OH excluding ortho intramolecular Hbond substituents is 1. The molecule has 2 N–H and O–H groups in total. The van der Waals surface area contributed by atoms with E-state index in [1.807, 2.05) is 6.07 Å². The highest BCUT2D eigenvalue weighted by atomic mass is 79.9. The van der Waals surface area contributed by atoms with Crippen molar-refractivity contribution in [3.8, 4) is 17.6 Å². The molecule has 7 nitrogen and oxygen atoms in total. The molecule has 0 unspecified atom stereocenters. The summed E-state index contributed by atoms with van der Waals surface area (Å²) in [6.07, 6.45) is 2.81. The second-order valence-electron chi connectivity index (χ2n) is 4.25. The number of carbonyl (C=O) groups is 2. The summed E-state index contributed by atoms with van der Waals surface area (Å²) in [5, 5.41) is 20.4. The van der Waals surface area contributed by atoms with Crippen molar-refractivity contribution in [3.05, 3.63) is 28.2 Å². The second-order valence-corrected chi connectivity index (χ2v) is 5.11. The number of nitriles is 1. The number of hydrogen-bond acceptors (Lipinski definition) is 6. The number of ether oxygens (including phenoxy) is 2. The van der Waals surface area contributed by atoms with Crippen LogP contribution in [0.3, 0.4) is 0 Å². The maximum atomic E-state index is 11.5. The fraction of sp³-hybridized carbons (Fsp3) is 0.267. The van der Waals surface area contributed by atoms with Crippen molar-refractivity contribution in [1.82, 2.24) is 5.32 Å². The van der Waals surface area contributed by atoms with Gasteiger partial charge in [0.25, 0.3) is 5.91 Å². The highest BCUT2D eigenvalue weighted by Crippen LogP contribution is 2.35. The number of aromatic hydroxyl groups is 1. The molecule has 0 spiro atoms. The van der Waals surface area contributed by atoms with Gasteiger partial charge in [-0.2, -0.15) is 5.26 Å². The molecular weight excluding hydrogens is 368 g/mol. The summed E-state index contributed by atoms with van der Waals surface area (Å²) in [4.78, 5) is 22.8. The molecule has 0 aliphatic rings. The third kappa shape index (κ3) is 6.40. The van der Waals surface area contributed by atoms with Crippen LogP contribution in [0.2, 0.25) is 0 Å². The summed E-state index contributed by atoms with van der Waals surface area (Å²) >= 11 is 3.17. The summed E-state index contributed by atoms with van der Waals surface area (Å²) in [5.74, 6) is -0.954. The minimum Gasteiger partial charge on any atom is -0.503 e. The van der Waals surface area contributed by atoms with E-state index < -0.39 is 18.5 Å². The van der Waals surface area contributed by atoms with Gasteiger partial charge in [0.2, 0.25) is 0 Å². The van der Waals surface area contributed by atoms with Gasteiger partial charge >= 0.3 is 5.97 Å². The monoisotopic (exact) mass is 382 g/mol. The zero-order valence-electron chi connectivity index (χ0n) is 12.3. The summed E-state index contributed by atoms with van der Waals surface area (Å²) in [7, 11) is 1.41. The highest BCUT2D eigenvalue weighted by molar-refractivity contribution is 9.10. The van der Waals surface area contributed by atoms with E-state index in [4.69, 9.17) is 14.7 Å². The lowest BCUT2D eigenvalue weighted by Crippen LogP contribution is -2.29. The van der Waals surface area contributed by atoms with E-state index in [0.717, 1.165) is 6.08 Å². The van der Waals surface area contributed by atoms with Crippen LogP contribution in [-0.4, -0.2) is 37.2 Å². The third-order valence-corrected chi connectivity index (χ3v) is 3.19. The Bertz CT molecular complexity index is 652. The van der Waals surface area contributed by atoms with E-state index in [2.05, 4.69) is 21.2 Å². The predicted octanol–water partition coefficient (Wildman–Crippen LogP) is 1.75. The fourth-order valence-corrected chi connectivity index (χ4v) is 1.96.